The van der Waals surface area contributed by atoms with E-state index >= 15 is 0 Å². The molecule has 1 aromatic carbocycles. The monoisotopic (exact) mass is 251 g/mol. The van der Waals surface area contributed by atoms with Crippen LogP contribution in [0.25, 0.3) is 0 Å². The summed E-state index contributed by atoms with van der Waals surface area (Å²) in [6.45, 7) is 0. The van der Waals surface area contributed by atoms with Gasteiger partial charge in [-0.2, -0.15) is 4.98 Å². The summed E-state index contributed by atoms with van der Waals surface area (Å²) in [5.74, 6) is -0.383. The number of methoxy groups -OCH3 is 1. The van der Waals surface area contributed by atoms with Crippen molar-refractivity contribution < 1.29 is 19.1 Å². The first kappa shape index (κ1) is 11.5. The van der Waals surface area contributed by atoms with E-state index in [1.807, 2.05) is 24.3 Å². The van der Waals surface area contributed by atoms with Gasteiger partial charge >= 0.3 is 5.97 Å². The first-order chi connectivity index (χ1) is 8.19. The third-order valence-corrected chi connectivity index (χ3v) is 2.80. The number of rotatable bonds is 4. The lowest BCUT2D eigenvalue weighted by atomic mass is 10.3. The van der Waals surface area contributed by atoms with Gasteiger partial charge < -0.3 is 14.3 Å². The largest absolute Gasteiger partial charge is 0.497 e. The highest BCUT2D eigenvalue weighted by atomic mass is 32.2. The molecule has 0 aliphatic heterocycles. The number of carbonyl (C=O) groups is 1. The van der Waals surface area contributed by atoms with Crippen LogP contribution in [-0.4, -0.2) is 23.2 Å². The highest BCUT2D eigenvalue weighted by molar-refractivity contribution is 7.99. The van der Waals surface area contributed by atoms with Gasteiger partial charge in [0, 0.05) is 4.90 Å². The number of carboxylic acid groups (broad SMARTS) is 1. The number of hydrogen-bond acceptors (Lipinski definition) is 5. The molecule has 0 radical (unpaired) electrons. The van der Waals surface area contributed by atoms with E-state index < -0.39 is 5.97 Å². The SMILES string of the molecule is COc1cccc(Sc2nc(C(=O)O)co2)c1. The van der Waals surface area contributed by atoms with Gasteiger partial charge in [-0.1, -0.05) is 6.07 Å². The molecule has 0 fully saturated rings. The molecule has 2 aromatic rings. The third-order valence-electron chi connectivity index (χ3n) is 1.95. The third kappa shape index (κ3) is 2.79. The molecule has 0 amide bonds. The van der Waals surface area contributed by atoms with Crippen molar-refractivity contribution in [2.24, 2.45) is 0 Å². The van der Waals surface area contributed by atoms with E-state index in [9.17, 15) is 4.79 Å². The minimum absolute atomic E-state index is 0.101. The van der Waals surface area contributed by atoms with Crippen molar-refractivity contribution in [1.82, 2.24) is 4.98 Å². The van der Waals surface area contributed by atoms with Crippen LogP contribution in [0.3, 0.4) is 0 Å². The Balaban J connectivity index is 2.16. The van der Waals surface area contributed by atoms with Gasteiger partial charge in [0.25, 0.3) is 5.22 Å². The van der Waals surface area contributed by atoms with E-state index in [2.05, 4.69) is 4.98 Å². The topological polar surface area (TPSA) is 72.6 Å². The van der Waals surface area contributed by atoms with Crippen molar-refractivity contribution >= 4 is 17.7 Å². The molecule has 6 heteroatoms. The Hall–Kier alpha value is -1.95. The zero-order valence-corrected chi connectivity index (χ0v) is 9.73. The van der Waals surface area contributed by atoms with Crippen LogP contribution in [0.1, 0.15) is 10.5 Å². The van der Waals surface area contributed by atoms with Crippen molar-refractivity contribution in [1.29, 1.82) is 0 Å². The standard InChI is InChI=1S/C11H9NO4S/c1-15-7-3-2-4-8(5-7)17-11-12-9(6-16-11)10(13)14/h2-6H,1H3,(H,13,14). The van der Waals surface area contributed by atoms with Crippen molar-refractivity contribution in [2.75, 3.05) is 7.11 Å². The minimum Gasteiger partial charge on any atom is -0.497 e. The van der Waals surface area contributed by atoms with Gasteiger partial charge in [0.2, 0.25) is 0 Å². The maximum atomic E-state index is 10.6. The quantitative estimate of drug-likeness (QED) is 0.900. The number of aromatic carboxylic acids is 1. The molecule has 0 atom stereocenters. The normalized spacial score (nSPS) is 10.2. The predicted molar refractivity (Wildman–Crippen MR) is 60.6 cm³/mol. The molecule has 0 saturated carbocycles. The first-order valence-electron chi connectivity index (χ1n) is 4.70. The number of nitrogens with zero attached hydrogens (tertiary/aromatic N) is 1. The molecule has 17 heavy (non-hydrogen) atoms. The van der Waals surface area contributed by atoms with Gasteiger partial charge in [-0.05, 0) is 30.0 Å². The smallest absolute Gasteiger partial charge is 0.357 e. The fourth-order valence-corrected chi connectivity index (χ4v) is 1.93. The predicted octanol–water partition coefficient (Wildman–Crippen LogP) is 2.53. The van der Waals surface area contributed by atoms with Gasteiger partial charge in [-0.25, -0.2) is 4.79 Å². The zero-order chi connectivity index (χ0) is 12.3. The summed E-state index contributed by atoms with van der Waals surface area (Å²) in [5.41, 5.74) is -0.101. The van der Waals surface area contributed by atoms with E-state index in [4.69, 9.17) is 14.3 Å². The molecule has 2 rings (SSSR count). The maximum absolute atomic E-state index is 10.6. The Bertz CT molecular complexity index is 538. The molecule has 0 saturated heterocycles. The average Bonchev–Trinajstić information content (AvgIpc) is 2.78. The van der Waals surface area contributed by atoms with Crippen LogP contribution in [0.15, 0.2) is 45.1 Å². The number of hydrogen-bond donors (Lipinski definition) is 1. The van der Waals surface area contributed by atoms with E-state index in [1.165, 1.54) is 11.8 Å². The Morgan fingerprint density at radius 1 is 1.53 bits per heavy atom. The summed E-state index contributed by atoms with van der Waals surface area (Å²) in [4.78, 5) is 15.3. The maximum Gasteiger partial charge on any atom is 0.357 e. The van der Waals surface area contributed by atoms with Crippen LogP contribution in [-0.2, 0) is 0 Å². The Morgan fingerprint density at radius 3 is 3.00 bits per heavy atom. The van der Waals surface area contributed by atoms with E-state index in [0.717, 1.165) is 16.9 Å². The minimum atomic E-state index is -1.11. The summed E-state index contributed by atoms with van der Waals surface area (Å²) < 4.78 is 10.1. The summed E-state index contributed by atoms with van der Waals surface area (Å²) >= 11 is 1.23. The van der Waals surface area contributed by atoms with Crippen molar-refractivity contribution in [3.63, 3.8) is 0 Å². The Morgan fingerprint density at radius 2 is 2.35 bits per heavy atom. The molecule has 88 valence electrons. The summed E-state index contributed by atoms with van der Waals surface area (Å²) in [7, 11) is 1.58. The van der Waals surface area contributed by atoms with Gasteiger partial charge in [0.1, 0.15) is 12.0 Å². The molecule has 0 unspecified atom stereocenters. The van der Waals surface area contributed by atoms with E-state index in [1.54, 1.807) is 7.11 Å². The first-order valence-corrected chi connectivity index (χ1v) is 5.51. The fraction of sp³-hybridized carbons (Fsp3) is 0.0909. The van der Waals surface area contributed by atoms with Crippen LogP contribution in [0.5, 0.6) is 5.75 Å². The van der Waals surface area contributed by atoms with Crippen molar-refractivity contribution in [3.8, 4) is 5.75 Å². The summed E-state index contributed by atoms with van der Waals surface area (Å²) in [6.07, 6.45) is 1.12. The molecule has 0 spiro atoms. The molecule has 0 aliphatic rings. The number of carboxylic acids is 1. The van der Waals surface area contributed by atoms with Gasteiger partial charge in [-0.15, -0.1) is 0 Å². The zero-order valence-electron chi connectivity index (χ0n) is 8.91. The van der Waals surface area contributed by atoms with Gasteiger partial charge in [-0.3, -0.25) is 0 Å². The number of benzene rings is 1. The second-order valence-corrected chi connectivity index (χ2v) is 4.11. The lowest BCUT2D eigenvalue weighted by Crippen LogP contribution is -1.95. The van der Waals surface area contributed by atoms with Crippen LogP contribution in [0.2, 0.25) is 0 Å². The van der Waals surface area contributed by atoms with Gasteiger partial charge in [0.05, 0.1) is 7.11 Å². The van der Waals surface area contributed by atoms with Crippen LogP contribution in [0.4, 0.5) is 0 Å². The molecule has 1 N–H and O–H groups in total. The molecule has 5 nitrogen and oxygen atoms in total. The molecule has 0 bridgehead atoms. The van der Waals surface area contributed by atoms with Crippen LogP contribution in [0, 0.1) is 0 Å². The fourth-order valence-electron chi connectivity index (χ4n) is 1.17. The number of oxazole rings is 1. The molecule has 1 aromatic heterocycles. The van der Waals surface area contributed by atoms with Crippen LogP contribution < -0.4 is 4.74 Å². The number of ether oxygens (including phenoxy) is 1. The van der Waals surface area contributed by atoms with Crippen LogP contribution >= 0.6 is 11.8 Å². The highest BCUT2D eigenvalue weighted by Gasteiger charge is 2.11. The number of aromatic nitrogens is 1. The second-order valence-electron chi connectivity index (χ2n) is 3.08. The van der Waals surface area contributed by atoms with Crippen molar-refractivity contribution in [3.05, 3.63) is 36.2 Å². The highest BCUT2D eigenvalue weighted by Crippen LogP contribution is 2.29. The second kappa shape index (κ2) is 4.92. The average molecular weight is 251 g/mol. The van der Waals surface area contributed by atoms with Gasteiger partial charge in [0.15, 0.2) is 5.69 Å². The van der Waals surface area contributed by atoms with Crippen molar-refractivity contribution in [2.45, 2.75) is 10.1 Å². The molecular weight excluding hydrogens is 242 g/mol. The van der Waals surface area contributed by atoms with E-state index in [0.29, 0.717) is 0 Å². The lowest BCUT2D eigenvalue weighted by molar-refractivity contribution is 0.0690. The molecular formula is C11H9NO4S. The Kier molecular flexibility index (Phi) is 3.34. The molecule has 0 aliphatic carbocycles. The van der Waals surface area contributed by atoms with E-state index in [-0.39, 0.29) is 10.9 Å². The molecule has 1 heterocycles. The summed E-state index contributed by atoms with van der Waals surface area (Å²) in [6, 6.07) is 7.33. The Labute approximate surface area is 101 Å². The lowest BCUT2D eigenvalue weighted by Gasteiger charge is -2.01. The summed E-state index contributed by atoms with van der Waals surface area (Å²) in [5, 5.41) is 8.98.